The second kappa shape index (κ2) is 6.19. The fraction of sp³-hybridized carbons (Fsp3) is 0.611. The summed E-state index contributed by atoms with van der Waals surface area (Å²) in [5, 5.41) is 0. The molecule has 1 saturated carbocycles. The molecule has 3 rings (SSSR count). The summed E-state index contributed by atoms with van der Waals surface area (Å²) in [6.07, 6.45) is 4.43. The van der Waals surface area contributed by atoms with Crippen molar-refractivity contribution in [2.24, 2.45) is 5.92 Å². The normalized spacial score (nSPS) is 17.5. The topological polar surface area (TPSA) is 49.6 Å². The SMILES string of the molecule is CC(C)CN(C(=O)CN1CCCc2c(N)cccc21)C1CC1. The van der Waals surface area contributed by atoms with Gasteiger partial charge in [-0.2, -0.15) is 0 Å². The minimum Gasteiger partial charge on any atom is -0.398 e. The summed E-state index contributed by atoms with van der Waals surface area (Å²) in [5.41, 5.74) is 9.32. The Balaban J connectivity index is 1.73. The molecule has 4 heteroatoms. The molecule has 0 unspecified atom stereocenters. The maximum absolute atomic E-state index is 12.8. The monoisotopic (exact) mass is 301 g/mol. The van der Waals surface area contributed by atoms with Crippen molar-refractivity contribution in [3.63, 3.8) is 0 Å². The van der Waals surface area contributed by atoms with Gasteiger partial charge in [0.2, 0.25) is 5.91 Å². The predicted octanol–water partition coefficient (Wildman–Crippen LogP) is 2.67. The summed E-state index contributed by atoms with van der Waals surface area (Å²) < 4.78 is 0. The molecule has 0 atom stereocenters. The maximum atomic E-state index is 12.8. The van der Waals surface area contributed by atoms with Crippen LogP contribution < -0.4 is 10.6 Å². The van der Waals surface area contributed by atoms with E-state index in [0.29, 0.717) is 18.5 Å². The van der Waals surface area contributed by atoms with E-state index in [-0.39, 0.29) is 5.91 Å². The van der Waals surface area contributed by atoms with E-state index in [9.17, 15) is 4.79 Å². The number of nitrogens with two attached hydrogens (primary N) is 1. The lowest BCUT2D eigenvalue weighted by molar-refractivity contribution is -0.130. The number of hydrogen-bond acceptors (Lipinski definition) is 3. The largest absolute Gasteiger partial charge is 0.398 e. The third-order valence-electron chi connectivity index (χ3n) is 4.58. The highest BCUT2D eigenvalue weighted by molar-refractivity contribution is 5.83. The molecule has 0 spiro atoms. The van der Waals surface area contributed by atoms with Gasteiger partial charge in [-0.3, -0.25) is 4.79 Å². The summed E-state index contributed by atoms with van der Waals surface area (Å²) in [6.45, 7) is 6.67. The van der Waals surface area contributed by atoms with E-state index in [1.165, 1.54) is 18.4 Å². The number of amides is 1. The first-order chi connectivity index (χ1) is 10.6. The molecule has 0 bridgehead atoms. The Labute approximate surface area is 133 Å². The number of rotatable bonds is 5. The predicted molar refractivity (Wildman–Crippen MR) is 91.0 cm³/mol. The Morgan fingerprint density at radius 1 is 1.41 bits per heavy atom. The van der Waals surface area contributed by atoms with Gasteiger partial charge < -0.3 is 15.5 Å². The highest BCUT2D eigenvalue weighted by Crippen LogP contribution is 2.32. The molecule has 0 aromatic heterocycles. The standard InChI is InChI=1S/C18H27N3O/c1-13(2)11-21(14-8-9-14)18(22)12-20-10-4-5-15-16(19)6-3-7-17(15)20/h3,6-7,13-14H,4-5,8-12,19H2,1-2H3. The molecule has 1 aliphatic carbocycles. The first-order valence-electron chi connectivity index (χ1n) is 8.48. The Bertz CT molecular complexity index is 551. The number of benzene rings is 1. The Morgan fingerprint density at radius 3 is 2.86 bits per heavy atom. The van der Waals surface area contributed by atoms with Crippen LogP contribution in [-0.2, 0) is 11.2 Å². The van der Waals surface area contributed by atoms with Crippen LogP contribution in [-0.4, -0.2) is 36.5 Å². The van der Waals surface area contributed by atoms with E-state index in [1.807, 2.05) is 12.1 Å². The molecule has 1 aromatic rings. The molecule has 120 valence electrons. The summed E-state index contributed by atoms with van der Waals surface area (Å²) >= 11 is 0. The number of fused-ring (bicyclic) bond motifs is 1. The van der Waals surface area contributed by atoms with Crippen molar-refractivity contribution in [2.75, 3.05) is 30.3 Å². The van der Waals surface area contributed by atoms with Crippen molar-refractivity contribution in [2.45, 2.75) is 45.6 Å². The zero-order chi connectivity index (χ0) is 15.7. The van der Waals surface area contributed by atoms with Crippen LogP contribution in [0.25, 0.3) is 0 Å². The minimum atomic E-state index is 0.270. The molecule has 22 heavy (non-hydrogen) atoms. The van der Waals surface area contributed by atoms with Gasteiger partial charge in [0.05, 0.1) is 6.54 Å². The van der Waals surface area contributed by atoms with E-state index in [4.69, 9.17) is 5.73 Å². The number of anilines is 2. The van der Waals surface area contributed by atoms with Gasteiger partial charge in [0.1, 0.15) is 0 Å². The van der Waals surface area contributed by atoms with Crippen LogP contribution in [0.4, 0.5) is 11.4 Å². The van der Waals surface area contributed by atoms with Crippen LogP contribution in [0.1, 0.15) is 38.7 Å². The van der Waals surface area contributed by atoms with E-state index < -0.39 is 0 Å². The fourth-order valence-electron chi connectivity index (χ4n) is 3.38. The van der Waals surface area contributed by atoms with Crippen LogP contribution in [0.5, 0.6) is 0 Å². The molecular weight excluding hydrogens is 274 g/mol. The van der Waals surface area contributed by atoms with E-state index in [1.54, 1.807) is 0 Å². The summed E-state index contributed by atoms with van der Waals surface area (Å²) in [7, 11) is 0. The van der Waals surface area contributed by atoms with Crippen LogP contribution in [0.3, 0.4) is 0 Å². The lowest BCUT2D eigenvalue weighted by Gasteiger charge is -2.34. The zero-order valence-electron chi connectivity index (χ0n) is 13.7. The summed E-state index contributed by atoms with van der Waals surface area (Å²) in [5.74, 6) is 0.792. The van der Waals surface area contributed by atoms with Crippen LogP contribution in [0.15, 0.2) is 18.2 Å². The molecule has 1 heterocycles. The number of nitrogen functional groups attached to an aromatic ring is 1. The van der Waals surface area contributed by atoms with Crippen molar-refractivity contribution >= 4 is 17.3 Å². The second-order valence-electron chi connectivity index (χ2n) is 7.04. The number of carbonyl (C=O) groups is 1. The van der Waals surface area contributed by atoms with Crippen LogP contribution >= 0.6 is 0 Å². The highest BCUT2D eigenvalue weighted by atomic mass is 16.2. The molecule has 1 aromatic carbocycles. The third kappa shape index (κ3) is 3.21. The molecule has 4 nitrogen and oxygen atoms in total. The molecule has 1 amide bonds. The van der Waals surface area contributed by atoms with Gasteiger partial charge in [-0.1, -0.05) is 19.9 Å². The van der Waals surface area contributed by atoms with Gasteiger partial charge >= 0.3 is 0 Å². The first kappa shape index (κ1) is 15.2. The van der Waals surface area contributed by atoms with E-state index >= 15 is 0 Å². The lowest BCUT2D eigenvalue weighted by atomic mass is 10.00. The van der Waals surface area contributed by atoms with Gasteiger partial charge in [-0.15, -0.1) is 0 Å². The minimum absolute atomic E-state index is 0.270. The van der Waals surface area contributed by atoms with Crippen molar-refractivity contribution in [3.05, 3.63) is 23.8 Å². The van der Waals surface area contributed by atoms with Crippen molar-refractivity contribution in [3.8, 4) is 0 Å². The van der Waals surface area contributed by atoms with E-state index in [0.717, 1.165) is 37.3 Å². The highest BCUT2D eigenvalue weighted by Gasteiger charge is 2.33. The van der Waals surface area contributed by atoms with Crippen molar-refractivity contribution in [1.29, 1.82) is 0 Å². The average Bonchev–Trinajstić information content (AvgIpc) is 3.30. The maximum Gasteiger partial charge on any atom is 0.242 e. The lowest BCUT2D eigenvalue weighted by Crippen LogP contribution is -2.44. The van der Waals surface area contributed by atoms with Gasteiger partial charge in [0, 0.05) is 30.5 Å². The molecular formula is C18H27N3O. The Hall–Kier alpha value is -1.71. The third-order valence-corrected chi connectivity index (χ3v) is 4.58. The Kier molecular flexibility index (Phi) is 4.27. The molecule has 0 saturated heterocycles. The van der Waals surface area contributed by atoms with E-state index in [2.05, 4.69) is 29.7 Å². The summed E-state index contributed by atoms with van der Waals surface area (Å²) in [6, 6.07) is 6.53. The number of nitrogens with zero attached hydrogens (tertiary/aromatic N) is 2. The molecule has 2 aliphatic rings. The first-order valence-corrected chi connectivity index (χ1v) is 8.48. The van der Waals surface area contributed by atoms with Gasteiger partial charge in [0.15, 0.2) is 0 Å². The fourth-order valence-corrected chi connectivity index (χ4v) is 3.38. The second-order valence-corrected chi connectivity index (χ2v) is 7.04. The van der Waals surface area contributed by atoms with Crippen LogP contribution in [0, 0.1) is 5.92 Å². The van der Waals surface area contributed by atoms with Gasteiger partial charge in [0.25, 0.3) is 0 Å². The van der Waals surface area contributed by atoms with Gasteiger partial charge in [-0.25, -0.2) is 0 Å². The molecule has 1 aliphatic heterocycles. The number of carbonyl (C=O) groups excluding carboxylic acids is 1. The van der Waals surface area contributed by atoms with Crippen LogP contribution in [0.2, 0.25) is 0 Å². The van der Waals surface area contributed by atoms with Crippen molar-refractivity contribution in [1.82, 2.24) is 4.90 Å². The quantitative estimate of drug-likeness (QED) is 0.851. The molecule has 0 radical (unpaired) electrons. The number of hydrogen-bond donors (Lipinski definition) is 1. The average molecular weight is 301 g/mol. The van der Waals surface area contributed by atoms with Gasteiger partial charge in [-0.05, 0) is 49.3 Å². The molecule has 2 N–H and O–H groups in total. The van der Waals surface area contributed by atoms with Crippen molar-refractivity contribution < 1.29 is 4.79 Å². The Morgan fingerprint density at radius 2 is 2.18 bits per heavy atom. The smallest absolute Gasteiger partial charge is 0.242 e. The summed E-state index contributed by atoms with van der Waals surface area (Å²) in [4.78, 5) is 17.1. The molecule has 1 fully saturated rings. The zero-order valence-corrected chi connectivity index (χ0v) is 13.7.